The second kappa shape index (κ2) is 9.33. The van der Waals surface area contributed by atoms with Gasteiger partial charge < -0.3 is 15.5 Å². The second-order valence-electron chi connectivity index (χ2n) is 5.75. The zero-order valence-electron chi connectivity index (χ0n) is 15.3. The summed E-state index contributed by atoms with van der Waals surface area (Å²) in [6, 6.07) is 13.3. The fourth-order valence-corrected chi connectivity index (χ4v) is 2.53. The van der Waals surface area contributed by atoms with Crippen LogP contribution < -0.4 is 10.6 Å². The molecule has 0 fully saturated rings. The standard InChI is InChI=1S/C19H22N4O4/c1-3-20-18(24)13-22(4-2)19(25)14-10-11-16(17(12-14)23(26)27)21-15-8-6-5-7-9-15/h5-12,21H,3-4,13H2,1-2H3,(H,20,24). The molecule has 0 radical (unpaired) electrons. The van der Waals surface area contributed by atoms with Gasteiger partial charge in [0.15, 0.2) is 0 Å². The van der Waals surface area contributed by atoms with Crippen molar-refractivity contribution in [3.63, 3.8) is 0 Å². The van der Waals surface area contributed by atoms with Gasteiger partial charge in [0.25, 0.3) is 11.6 Å². The van der Waals surface area contributed by atoms with Crippen LogP contribution in [0.25, 0.3) is 0 Å². The zero-order chi connectivity index (χ0) is 19.8. The number of hydrogen-bond donors (Lipinski definition) is 2. The zero-order valence-corrected chi connectivity index (χ0v) is 15.3. The molecule has 8 nitrogen and oxygen atoms in total. The third-order valence-electron chi connectivity index (χ3n) is 3.87. The van der Waals surface area contributed by atoms with Gasteiger partial charge in [-0.15, -0.1) is 0 Å². The number of nitrogens with one attached hydrogen (secondary N) is 2. The van der Waals surface area contributed by atoms with Crippen LogP contribution in [0.15, 0.2) is 48.5 Å². The number of nitrogens with zero attached hydrogens (tertiary/aromatic N) is 2. The van der Waals surface area contributed by atoms with Crippen molar-refractivity contribution in [2.45, 2.75) is 13.8 Å². The molecule has 0 aliphatic rings. The first-order valence-corrected chi connectivity index (χ1v) is 8.62. The molecule has 0 aliphatic carbocycles. The summed E-state index contributed by atoms with van der Waals surface area (Å²) < 4.78 is 0. The fraction of sp³-hybridized carbons (Fsp3) is 0.263. The molecule has 0 saturated heterocycles. The molecule has 2 N–H and O–H groups in total. The number of benzene rings is 2. The first-order chi connectivity index (χ1) is 13.0. The van der Waals surface area contributed by atoms with E-state index in [1.54, 1.807) is 26.0 Å². The molecule has 0 heterocycles. The van der Waals surface area contributed by atoms with E-state index >= 15 is 0 Å². The molecular formula is C19H22N4O4. The Morgan fingerprint density at radius 3 is 2.41 bits per heavy atom. The number of carbonyl (C=O) groups excluding carboxylic acids is 2. The topological polar surface area (TPSA) is 105 Å². The maximum atomic E-state index is 12.7. The molecule has 0 bridgehead atoms. The highest BCUT2D eigenvalue weighted by atomic mass is 16.6. The van der Waals surface area contributed by atoms with Gasteiger partial charge in [0, 0.05) is 30.4 Å². The number of anilines is 2. The maximum Gasteiger partial charge on any atom is 0.293 e. The molecule has 2 rings (SSSR count). The largest absolute Gasteiger partial charge is 0.355 e. The Morgan fingerprint density at radius 1 is 1.11 bits per heavy atom. The van der Waals surface area contributed by atoms with Crippen LogP contribution in [0.4, 0.5) is 17.1 Å². The molecule has 0 saturated carbocycles. The molecule has 142 valence electrons. The van der Waals surface area contributed by atoms with Crippen LogP contribution in [0.5, 0.6) is 0 Å². The van der Waals surface area contributed by atoms with Gasteiger partial charge in [-0.25, -0.2) is 0 Å². The number of likely N-dealkylation sites (N-methyl/N-ethyl adjacent to an activating group) is 2. The lowest BCUT2D eigenvalue weighted by Gasteiger charge is -2.20. The van der Waals surface area contributed by atoms with E-state index in [4.69, 9.17) is 0 Å². The van der Waals surface area contributed by atoms with Crippen molar-refractivity contribution in [2.75, 3.05) is 25.0 Å². The summed E-state index contributed by atoms with van der Waals surface area (Å²) in [6.45, 7) is 4.22. The van der Waals surface area contributed by atoms with Crippen LogP contribution >= 0.6 is 0 Å². The summed E-state index contributed by atoms with van der Waals surface area (Å²) in [5.41, 5.74) is 0.936. The lowest BCUT2D eigenvalue weighted by atomic mass is 10.1. The highest BCUT2D eigenvalue weighted by molar-refractivity contribution is 5.98. The summed E-state index contributed by atoms with van der Waals surface area (Å²) >= 11 is 0. The van der Waals surface area contributed by atoms with Crippen molar-refractivity contribution < 1.29 is 14.5 Å². The number of nitro groups is 1. The average molecular weight is 370 g/mol. The van der Waals surface area contributed by atoms with Crippen LogP contribution in [0.2, 0.25) is 0 Å². The van der Waals surface area contributed by atoms with Crippen LogP contribution in [-0.4, -0.2) is 41.3 Å². The first-order valence-electron chi connectivity index (χ1n) is 8.62. The quantitative estimate of drug-likeness (QED) is 0.549. The molecular weight excluding hydrogens is 348 g/mol. The van der Waals surface area contributed by atoms with Crippen molar-refractivity contribution in [3.8, 4) is 0 Å². The van der Waals surface area contributed by atoms with E-state index in [2.05, 4.69) is 10.6 Å². The number of carbonyl (C=O) groups is 2. The van der Waals surface area contributed by atoms with Gasteiger partial charge in [0.2, 0.25) is 5.91 Å². The molecule has 2 amide bonds. The van der Waals surface area contributed by atoms with Gasteiger partial charge in [-0.2, -0.15) is 0 Å². The predicted octanol–water partition coefficient (Wildman–Crippen LogP) is 2.94. The average Bonchev–Trinajstić information content (AvgIpc) is 2.66. The molecule has 8 heteroatoms. The fourth-order valence-electron chi connectivity index (χ4n) is 2.53. The van der Waals surface area contributed by atoms with Crippen LogP contribution in [0.1, 0.15) is 24.2 Å². The third kappa shape index (κ3) is 5.27. The van der Waals surface area contributed by atoms with Crippen molar-refractivity contribution >= 4 is 28.9 Å². The Hall–Kier alpha value is -3.42. The summed E-state index contributed by atoms with van der Waals surface area (Å²) in [7, 11) is 0. The van der Waals surface area contributed by atoms with E-state index in [0.717, 1.165) is 0 Å². The Labute approximate surface area is 157 Å². The van der Waals surface area contributed by atoms with E-state index in [1.165, 1.54) is 23.1 Å². The molecule has 27 heavy (non-hydrogen) atoms. The monoisotopic (exact) mass is 370 g/mol. The summed E-state index contributed by atoms with van der Waals surface area (Å²) in [5.74, 6) is -0.706. The van der Waals surface area contributed by atoms with Crippen molar-refractivity contribution in [1.82, 2.24) is 10.2 Å². The summed E-state index contributed by atoms with van der Waals surface area (Å²) in [5, 5.41) is 17.1. The Kier molecular flexibility index (Phi) is 6.87. The summed E-state index contributed by atoms with van der Waals surface area (Å²) in [6.07, 6.45) is 0. The minimum Gasteiger partial charge on any atom is -0.355 e. The van der Waals surface area contributed by atoms with Gasteiger partial charge >= 0.3 is 0 Å². The second-order valence-corrected chi connectivity index (χ2v) is 5.75. The minimum atomic E-state index is -0.540. The highest BCUT2D eigenvalue weighted by Gasteiger charge is 2.22. The molecule has 0 aromatic heterocycles. The van der Waals surface area contributed by atoms with E-state index in [0.29, 0.717) is 18.8 Å². The number of amides is 2. The molecule has 2 aromatic carbocycles. The predicted molar refractivity (Wildman–Crippen MR) is 103 cm³/mol. The van der Waals surface area contributed by atoms with E-state index in [1.807, 2.05) is 18.2 Å². The van der Waals surface area contributed by atoms with Crippen molar-refractivity contribution in [1.29, 1.82) is 0 Å². The number of rotatable bonds is 8. The Bertz CT molecular complexity index is 824. The van der Waals surface area contributed by atoms with Gasteiger partial charge in [-0.3, -0.25) is 19.7 Å². The normalized spacial score (nSPS) is 10.1. The molecule has 0 atom stereocenters. The van der Waals surface area contributed by atoms with Crippen molar-refractivity contribution in [2.24, 2.45) is 0 Å². The van der Waals surface area contributed by atoms with Gasteiger partial charge in [0.05, 0.1) is 11.5 Å². The molecule has 2 aromatic rings. The highest BCUT2D eigenvalue weighted by Crippen LogP contribution is 2.29. The van der Waals surface area contributed by atoms with E-state index < -0.39 is 10.8 Å². The van der Waals surface area contributed by atoms with E-state index in [9.17, 15) is 19.7 Å². The molecule has 0 aliphatic heterocycles. The Morgan fingerprint density at radius 2 is 1.81 bits per heavy atom. The molecule has 0 unspecified atom stereocenters. The Balaban J connectivity index is 2.27. The SMILES string of the molecule is CCNC(=O)CN(CC)C(=O)c1ccc(Nc2ccccc2)c([N+](=O)[O-])c1. The van der Waals surface area contributed by atoms with Gasteiger partial charge in [-0.1, -0.05) is 18.2 Å². The maximum absolute atomic E-state index is 12.7. The first kappa shape index (κ1) is 19.9. The van der Waals surface area contributed by atoms with Gasteiger partial charge in [0.1, 0.15) is 5.69 Å². The minimum absolute atomic E-state index is 0.0962. The number of para-hydroxylation sites is 1. The lowest BCUT2D eigenvalue weighted by Crippen LogP contribution is -2.40. The van der Waals surface area contributed by atoms with Gasteiger partial charge in [-0.05, 0) is 38.1 Å². The smallest absolute Gasteiger partial charge is 0.293 e. The summed E-state index contributed by atoms with van der Waals surface area (Å²) in [4.78, 5) is 36.7. The number of nitro benzene ring substituents is 1. The number of hydrogen-bond acceptors (Lipinski definition) is 5. The third-order valence-corrected chi connectivity index (χ3v) is 3.87. The van der Waals surface area contributed by atoms with Crippen LogP contribution in [0, 0.1) is 10.1 Å². The van der Waals surface area contributed by atoms with Crippen molar-refractivity contribution in [3.05, 3.63) is 64.2 Å². The van der Waals surface area contributed by atoms with Crippen LogP contribution in [-0.2, 0) is 4.79 Å². The van der Waals surface area contributed by atoms with Crippen LogP contribution in [0.3, 0.4) is 0 Å². The van der Waals surface area contributed by atoms with E-state index in [-0.39, 0.29) is 29.4 Å². The molecule has 0 spiro atoms. The lowest BCUT2D eigenvalue weighted by molar-refractivity contribution is -0.383.